The summed E-state index contributed by atoms with van der Waals surface area (Å²) in [5, 5.41) is 3.06. The second-order valence-corrected chi connectivity index (χ2v) is 5.82. The fraction of sp³-hybridized carbons (Fsp3) is 0.867. The zero-order valence-corrected chi connectivity index (χ0v) is 13.0. The number of nitrogens with one attached hydrogen (secondary N) is 1. The molecular weight excluding hydrogens is 256 g/mol. The predicted molar refractivity (Wildman–Crippen MR) is 77.9 cm³/mol. The molecule has 0 spiro atoms. The minimum absolute atomic E-state index is 0.0318. The van der Waals surface area contributed by atoms with Crippen molar-refractivity contribution in [2.45, 2.75) is 58.5 Å². The van der Waals surface area contributed by atoms with Gasteiger partial charge in [0.25, 0.3) is 0 Å². The van der Waals surface area contributed by atoms with Gasteiger partial charge in [-0.2, -0.15) is 0 Å². The molecule has 1 rings (SSSR count). The van der Waals surface area contributed by atoms with Crippen LogP contribution in [0.1, 0.15) is 46.5 Å². The first-order chi connectivity index (χ1) is 9.44. The van der Waals surface area contributed by atoms with Crippen molar-refractivity contribution in [3.63, 3.8) is 0 Å². The summed E-state index contributed by atoms with van der Waals surface area (Å²) in [5.74, 6) is 0.189. The summed E-state index contributed by atoms with van der Waals surface area (Å²) in [6.07, 6.45) is 3.34. The zero-order valence-electron chi connectivity index (χ0n) is 13.0. The molecule has 0 bridgehead atoms. The first-order valence-electron chi connectivity index (χ1n) is 7.55. The van der Waals surface area contributed by atoms with Crippen molar-refractivity contribution < 1.29 is 14.3 Å². The standard InChI is InChI=1S/C15H28N2O3/c1-5-10(6-2)14(17-9(3)18)12-7-11(8-13(12)16)15(19)20-4/h10-14H,5-8,16H2,1-4H3,(H,17,18)/t11-,12-,13-,14+/m1/s1. The third-order valence-corrected chi connectivity index (χ3v) is 4.59. The van der Waals surface area contributed by atoms with E-state index in [-0.39, 0.29) is 35.8 Å². The summed E-state index contributed by atoms with van der Waals surface area (Å²) >= 11 is 0. The van der Waals surface area contributed by atoms with Crippen LogP contribution < -0.4 is 11.1 Å². The van der Waals surface area contributed by atoms with Gasteiger partial charge >= 0.3 is 5.97 Å². The summed E-state index contributed by atoms with van der Waals surface area (Å²) in [6.45, 7) is 5.79. The van der Waals surface area contributed by atoms with Gasteiger partial charge in [0.1, 0.15) is 0 Å². The van der Waals surface area contributed by atoms with E-state index >= 15 is 0 Å². The second kappa shape index (κ2) is 7.62. The Morgan fingerprint density at radius 2 is 1.90 bits per heavy atom. The van der Waals surface area contributed by atoms with Gasteiger partial charge in [0, 0.05) is 19.0 Å². The average Bonchev–Trinajstić information content (AvgIpc) is 2.79. The number of ether oxygens (including phenoxy) is 1. The summed E-state index contributed by atoms with van der Waals surface area (Å²) in [6, 6.07) is -0.0105. The number of hydrogen-bond acceptors (Lipinski definition) is 4. The lowest BCUT2D eigenvalue weighted by atomic mass is 9.82. The van der Waals surface area contributed by atoms with Crippen molar-refractivity contribution >= 4 is 11.9 Å². The molecule has 1 aliphatic carbocycles. The first-order valence-corrected chi connectivity index (χ1v) is 7.55. The van der Waals surface area contributed by atoms with Crippen molar-refractivity contribution in [2.24, 2.45) is 23.5 Å². The third kappa shape index (κ3) is 3.95. The van der Waals surface area contributed by atoms with Gasteiger partial charge in [-0.25, -0.2) is 0 Å². The van der Waals surface area contributed by atoms with Gasteiger partial charge in [-0.1, -0.05) is 26.7 Å². The van der Waals surface area contributed by atoms with Crippen molar-refractivity contribution in [2.75, 3.05) is 7.11 Å². The maximum Gasteiger partial charge on any atom is 0.308 e. The van der Waals surface area contributed by atoms with Gasteiger partial charge < -0.3 is 15.8 Å². The highest BCUT2D eigenvalue weighted by atomic mass is 16.5. The van der Waals surface area contributed by atoms with Crippen LogP contribution >= 0.6 is 0 Å². The van der Waals surface area contributed by atoms with E-state index in [2.05, 4.69) is 19.2 Å². The second-order valence-electron chi connectivity index (χ2n) is 5.82. The number of hydrogen-bond donors (Lipinski definition) is 2. The highest BCUT2D eigenvalue weighted by Gasteiger charge is 2.42. The van der Waals surface area contributed by atoms with Crippen LogP contribution in [0.2, 0.25) is 0 Å². The summed E-state index contributed by atoms with van der Waals surface area (Å²) in [7, 11) is 1.41. The topological polar surface area (TPSA) is 81.4 Å². The Bertz CT molecular complexity index is 342. The Morgan fingerprint density at radius 1 is 1.30 bits per heavy atom. The number of carbonyl (C=O) groups is 2. The largest absolute Gasteiger partial charge is 0.469 e. The summed E-state index contributed by atoms with van der Waals surface area (Å²) < 4.78 is 4.82. The SMILES string of the molecule is CCC(CC)[C@H](NC(C)=O)[C@@H]1C[C@@H](C(=O)OC)C[C@H]1N. The normalized spacial score (nSPS) is 27.4. The molecule has 1 saturated carbocycles. The minimum Gasteiger partial charge on any atom is -0.469 e. The maximum atomic E-state index is 11.7. The van der Waals surface area contributed by atoms with E-state index in [1.165, 1.54) is 14.0 Å². The molecule has 0 heterocycles. The first kappa shape index (κ1) is 17.0. The highest BCUT2D eigenvalue weighted by Crippen LogP contribution is 2.36. The Kier molecular flexibility index (Phi) is 6.46. The van der Waals surface area contributed by atoms with Crippen LogP contribution in [0, 0.1) is 17.8 Å². The van der Waals surface area contributed by atoms with E-state index in [0.29, 0.717) is 18.8 Å². The van der Waals surface area contributed by atoms with Crippen LogP contribution in [0.25, 0.3) is 0 Å². The van der Waals surface area contributed by atoms with Crippen LogP contribution in [0.15, 0.2) is 0 Å². The molecule has 0 aromatic rings. The molecule has 116 valence electrons. The molecule has 0 saturated heterocycles. The molecule has 5 nitrogen and oxygen atoms in total. The Balaban J connectivity index is 2.85. The fourth-order valence-electron chi connectivity index (χ4n) is 3.48. The highest BCUT2D eigenvalue weighted by molar-refractivity contribution is 5.74. The quantitative estimate of drug-likeness (QED) is 0.723. The van der Waals surface area contributed by atoms with Crippen LogP contribution in [-0.4, -0.2) is 31.1 Å². The van der Waals surface area contributed by atoms with Gasteiger partial charge in [0.15, 0.2) is 0 Å². The molecule has 1 fully saturated rings. The predicted octanol–water partition coefficient (Wildman–Crippen LogP) is 1.45. The van der Waals surface area contributed by atoms with E-state index in [0.717, 1.165) is 12.8 Å². The van der Waals surface area contributed by atoms with Gasteiger partial charge in [-0.15, -0.1) is 0 Å². The Hall–Kier alpha value is -1.10. The molecule has 4 atom stereocenters. The molecule has 3 N–H and O–H groups in total. The molecule has 0 unspecified atom stereocenters. The molecule has 1 aliphatic rings. The van der Waals surface area contributed by atoms with E-state index in [1.54, 1.807) is 0 Å². The molecular formula is C15H28N2O3. The number of nitrogens with two attached hydrogens (primary N) is 1. The van der Waals surface area contributed by atoms with E-state index in [1.807, 2.05) is 0 Å². The molecule has 1 amide bonds. The van der Waals surface area contributed by atoms with Gasteiger partial charge in [0.05, 0.1) is 13.0 Å². The lowest BCUT2D eigenvalue weighted by molar-refractivity contribution is -0.145. The number of amides is 1. The van der Waals surface area contributed by atoms with Crippen LogP contribution in [-0.2, 0) is 14.3 Å². The number of rotatable bonds is 6. The number of methoxy groups -OCH3 is 1. The third-order valence-electron chi connectivity index (χ3n) is 4.59. The molecule has 0 aromatic carbocycles. The lowest BCUT2D eigenvalue weighted by Crippen LogP contribution is -2.48. The van der Waals surface area contributed by atoms with Crippen molar-refractivity contribution in [3.05, 3.63) is 0 Å². The van der Waals surface area contributed by atoms with Crippen LogP contribution in [0.5, 0.6) is 0 Å². The van der Waals surface area contributed by atoms with E-state index in [4.69, 9.17) is 10.5 Å². The average molecular weight is 284 g/mol. The Morgan fingerprint density at radius 3 is 2.35 bits per heavy atom. The van der Waals surface area contributed by atoms with Crippen molar-refractivity contribution in [1.82, 2.24) is 5.32 Å². The van der Waals surface area contributed by atoms with Gasteiger partial charge in [-0.3, -0.25) is 9.59 Å². The van der Waals surface area contributed by atoms with Crippen molar-refractivity contribution in [3.8, 4) is 0 Å². The lowest BCUT2D eigenvalue weighted by Gasteiger charge is -2.33. The van der Waals surface area contributed by atoms with E-state index < -0.39 is 0 Å². The van der Waals surface area contributed by atoms with Crippen molar-refractivity contribution in [1.29, 1.82) is 0 Å². The minimum atomic E-state index is -0.186. The number of carbonyl (C=O) groups excluding carboxylic acids is 2. The zero-order chi connectivity index (χ0) is 15.3. The smallest absolute Gasteiger partial charge is 0.308 e. The fourth-order valence-corrected chi connectivity index (χ4v) is 3.48. The Labute approximate surface area is 121 Å². The van der Waals surface area contributed by atoms with Crippen LogP contribution in [0.3, 0.4) is 0 Å². The molecule has 0 aromatic heterocycles. The van der Waals surface area contributed by atoms with E-state index in [9.17, 15) is 9.59 Å². The maximum absolute atomic E-state index is 11.7. The molecule has 0 aliphatic heterocycles. The monoisotopic (exact) mass is 284 g/mol. The summed E-state index contributed by atoms with van der Waals surface area (Å²) in [4.78, 5) is 23.2. The van der Waals surface area contributed by atoms with Crippen LogP contribution in [0.4, 0.5) is 0 Å². The van der Waals surface area contributed by atoms with Gasteiger partial charge in [-0.05, 0) is 24.7 Å². The van der Waals surface area contributed by atoms with Gasteiger partial charge in [0.2, 0.25) is 5.91 Å². The molecule has 5 heteroatoms. The summed E-state index contributed by atoms with van der Waals surface area (Å²) in [5.41, 5.74) is 6.23. The molecule has 0 radical (unpaired) electrons. The molecule has 20 heavy (non-hydrogen) atoms. The number of esters is 1.